The first-order valence-electron chi connectivity index (χ1n) is 11.6. The number of carbonyl (C=O) groups is 1. The summed E-state index contributed by atoms with van der Waals surface area (Å²) in [5.74, 6) is 0.872. The van der Waals surface area contributed by atoms with Gasteiger partial charge in [0.2, 0.25) is 0 Å². The lowest BCUT2D eigenvalue weighted by atomic mass is 9.79. The van der Waals surface area contributed by atoms with Crippen LogP contribution in [0.2, 0.25) is 0 Å². The molecular formula is C29H29NO2. The van der Waals surface area contributed by atoms with E-state index in [9.17, 15) is 9.90 Å². The first-order valence-corrected chi connectivity index (χ1v) is 11.6. The van der Waals surface area contributed by atoms with Crippen LogP contribution in [0, 0.1) is 5.92 Å². The summed E-state index contributed by atoms with van der Waals surface area (Å²) in [7, 11) is 0. The third-order valence-corrected chi connectivity index (χ3v) is 6.99. The lowest BCUT2D eigenvalue weighted by Crippen LogP contribution is -2.33. The number of rotatable bonds is 5. The van der Waals surface area contributed by atoms with Crippen molar-refractivity contribution in [3.63, 3.8) is 0 Å². The van der Waals surface area contributed by atoms with Crippen LogP contribution in [0.25, 0.3) is 11.1 Å². The molecule has 0 saturated carbocycles. The second kappa shape index (κ2) is 9.04. The summed E-state index contributed by atoms with van der Waals surface area (Å²) in [4.78, 5) is 13.3. The Morgan fingerprint density at radius 2 is 1.62 bits per heavy atom. The van der Waals surface area contributed by atoms with Gasteiger partial charge in [-0.2, -0.15) is 0 Å². The van der Waals surface area contributed by atoms with Crippen LogP contribution < -0.4 is 4.90 Å². The highest BCUT2D eigenvalue weighted by Gasteiger charge is 2.23. The van der Waals surface area contributed by atoms with Crippen molar-refractivity contribution in [2.24, 2.45) is 5.92 Å². The number of phenols is 1. The summed E-state index contributed by atoms with van der Waals surface area (Å²) < 4.78 is 0. The van der Waals surface area contributed by atoms with Crippen LogP contribution in [-0.2, 0) is 11.2 Å². The SMILES string of the molecule is O=CCC1CCN(c2ccc(C3=C(c4ccccc4)CCc4cc(O)ccc43)cc2)CC1. The minimum atomic E-state index is 0.333. The Bertz CT molecular complexity index is 1120. The molecule has 1 aliphatic heterocycles. The number of aryl methyl sites for hydroxylation is 1. The van der Waals surface area contributed by atoms with E-state index in [-0.39, 0.29) is 0 Å². The summed E-state index contributed by atoms with van der Waals surface area (Å²) in [5.41, 5.74) is 8.80. The van der Waals surface area contributed by atoms with Crippen molar-refractivity contribution in [3.8, 4) is 5.75 Å². The highest BCUT2D eigenvalue weighted by Crippen LogP contribution is 2.42. The summed E-state index contributed by atoms with van der Waals surface area (Å²) in [6, 6.07) is 25.4. The monoisotopic (exact) mass is 423 g/mol. The summed E-state index contributed by atoms with van der Waals surface area (Å²) in [6.45, 7) is 2.02. The zero-order valence-electron chi connectivity index (χ0n) is 18.3. The van der Waals surface area contributed by atoms with Gasteiger partial charge in [0.1, 0.15) is 12.0 Å². The number of fused-ring (bicyclic) bond motifs is 1. The van der Waals surface area contributed by atoms with Crippen LogP contribution in [0.15, 0.2) is 72.8 Å². The molecule has 0 bridgehead atoms. The number of anilines is 1. The van der Waals surface area contributed by atoms with Gasteiger partial charge in [-0.15, -0.1) is 0 Å². The normalized spacial score (nSPS) is 16.7. The van der Waals surface area contributed by atoms with E-state index in [0.717, 1.165) is 45.1 Å². The van der Waals surface area contributed by atoms with Gasteiger partial charge in [-0.05, 0) is 89.3 Å². The summed E-state index contributed by atoms with van der Waals surface area (Å²) in [6.07, 6.45) is 5.82. The number of aromatic hydroxyl groups is 1. The van der Waals surface area contributed by atoms with E-state index in [1.807, 2.05) is 6.07 Å². The van der Waals surface area contributed by atoms with Crippen LogP contribution in [0.3, 0.4) is 0 Å². The molecule has 0 radical (unpaired) electrons. The van der Waals surface area contributed by atoms with Crippen LogP contribution in [0.4, 0.5) is 5.69 Å². The van der Waals surface area contributed by atoms with Crippen LogP contribution in [0.1, 0.15) is 47.9 Å². The van der Waals surface area contributed by atoms with Gasteiger partial charge in [-0.3, -0.25) is 0 Å². The minimum absolute atomic E-state index is 0.333. The molecule has 32 heavy (non-hydrogen) atoms. The third-order valence-electron chi connectivity index (χ3n) is 6.99. The van der Waals surface area contributed by atoms with E-state index < -0.39 is 0 Å². The molecule has 1 heterocycles. The Balaban J connectivity index is 1.50. The number of hydrogen-bond acceptors (Lipinski definition) is 3. The van der Waals surface area contributed by atoms with Crippen molar-refractivity contribution < 1.29 is 9.90 Å². The molecule has 3 nitrogen and oxygen atoms in total. The second-order valence-corrected chi connectivity index (χ2v) is 8.94. The molecule has 0 aromatic heterocycles. The van der Waals surface area contributed by atoms with E-state index in [1.54, 1.807) is 6.07 Å². The van der Waals surface area contributed by atoms with E-state index in [1.165, 1.54) is 39.1 Å². The van der Waals surface area contributed by atoms with Crippen molar-refractivity contribution in [1.82, 2.24) is 0 Å². The van der Waals surface area contributed by atoms with Crippen LogP contribution in [-0.4, -0.2) is 24.5 Å². The molecule has 162 valence electrons. The molecular weight excluding hydrogens is 394 g/mol. The van der Waals surface area contributed by atoms with Gasteiger partial charge in [-0.1, -0.05) is 48.5 Å². The number of benzene rings is 3. The van der Waals surface area contributed by atoms with E-state index in [0.29, 0.717) is 18.1 Å². The standard InChI is InChI=1S/C29H29NO2/c31-19-16-21-14-17-30(18-15-21)25-9-6-23(7-10-25)29-27(22-4-2-1-3-5-22)12-8-24-20-26(32)11-13-28(24)29/h1-7,9-11,13,19-21,32H,8,12,14-18H2. The van der Waals surface area contributed by atoms with Crippen molar-refractivity contribution in [2.75, 3.05) is 18.0 Å². The Morgan fingerprint density at radius 3 is 2.34 bits per heavy atom. The molecule has 3 aromatic rings. The van der Waals surface area contributed by atoms with Crippen LogP contribution >= 0.6 is 0 Å². The van der Waals surface area contributed by atoms with Gasteiger partial charge < -0.3 is 14.8 Å². The molecule has 1 aliphatic carbocycles. The third kappa shape index (κ3) is 4.08. The van der Waals surface area contributed by atoms with E-state index in [2.05, 4.69) is 65.6 Å². The zero-order valence-corrected chi connectivity index (χ0v) is 18.3. The first-order chi connectivity index (χ1) is 15.7. The molecule has 0 unspecified atom stereocenters. The average Bonchev–Trinajstić information content (AvgIpc) is 2.84. The predicted octanol–water partition coefficient (Wildman–Crippen LogP) is 6.10. The van der Waals surface area contributed by atoms with Gasteiger partial charge in [0.15, 0.2) is 0 Å². The first kappa shape index (κ1) is 20.6. The molecule has 3 aromatic carbocycles. The lowest BCUT2D eigenvalue weighted by molar-refractivity contribution is -0.108. The number of phenolic OH excluding ortho intramolecular Hbond substituents is 1. The molecule has 3 heteroatoms. The predicted molar refractivity (Wildman–Crippen MR) is 131 cm³/mol. The largest absolute Gasteiger partial charge is 0.508 e. The average molecular weight is 424 g/mol. The molecule has 1 N–H and O–H groups in total. The van der Waals surface area contributed by atoms with Gasteiger partial charge in [0, 0.05) is 25.2 Å². The topological polar surface area (TPSA) is 40.5 Å². The fraction of sp³-hybridized carbons (Fsp3) is 0.276. The number of aldehydes is 1. The van der Waals surface area contributed by atoms with Gasteiger partial charge in [-0.25, -0.2) is 0 Å². The quantitative estimate of drug-likeness (QED) is 0.504. The number of nitrogens with zero attached hydrogens (tertiary/aromatic N) is 1. The van der Waals surface area contributed by atoms with Gasteiger partial charge in [0.25, 0.3) is 0 Å². The van der Waals surface area contributed by atoms with E-state index in [4.69, 9.17) is 0 Å². The maximum absolute atomic E-state index is 10.8. The summed E-state index contributed by atoms with van der Waals surface area (Å²) in [5, 5.41) is 10.0. The zero-order chi connectivity index (χ0) is 21.9. The number of carbonyl (C=O) groups excluding carboxylic acids is 1. The maximum atomic E-state index is 10.8. The van der Waals surface area contributed by atoms with Gasteiger partial charge in [0.05, 0.1) is 0 Å². The lowest BCUT2D eigenvalue weighted by Gasteiger charge is -2.33. The maximum Gasteiger partial charge on any atom is 0.120 e. The highest BCUT2D eigenvalue weighted by atomic mass is 16.3. The van der Waals surface area contributed by atoms with Crippen molar-refractivity contribution in [2.45, 2.75) is 32.1 Å². The second-order valence-electron chi connectivity index (χ2n) is 8.94. The molecule has 5 rings (SSSR count). The Morgan fingerprint density at radius 1 is 0.875 bits per heavy atom. The van der Waals surface area contributed by atoms with Crippen molar-refractivity contribution >= 4 is 23.1 Å². The van der Waals surface area contributed by atoms with Gasteiger partial charge >= 0.3 is 0 Å². The molecule has 2 aliphatic rings. The molecule has 1 saturated heterocycles. The number of allylic oxidation sites excluding steroid dienone is 1. The molecule has 1 fully saturated rings. The summed E-state index contributed by atoms with van der Waals surface area (Å²) >= 11 is 0. The van der Waals surface area contributed by atoms with Crippen molar-refractivity contribution in [1.29, 1.82) is 0 Å². The molecule has 0 spiro atoms. The molecule has 0 atom stereocenters. The molecule has 0 amide bonds. The van der Waals surface area contributed by atoms with E-state index >= 15 is 0 Å². The fourth-order valence-corrected chi connectivity index (χ4v) is 5.24. The Hall–Kier alpha value is -3.33. The minimum Gasteiger partial charge on any atom is -0.508 e. The number of piperidine rings is 1. The Labute approximate surface area is 190 Å². The highest BCUT2D eigenvalue weighted by molar-refractivity contribution is 6.01. The number of hydrogen-bond donors (Lipinski definition) is 1. The van der Waals surface area contributed by atoms with Crippen LogP contribution in [0.5, 0.6) is 5.75 Å². The Kier molecular flexibility index (Phi) is 5.81. The smallest absolute Gasteiger partial charge is 0.120 e. The van der Waals surface area contributed by atoms with Crippen molar-refractivity contribution in [3.05, 3.63) is 95.1 Å². The fourth-order valence-electron chi connectivity index (χ4n) is 5.24.